The number of rotatable bonds is 9. The van der Waals surface area contributed by atoms with E-state index in [-0.39, 0.29) is 11.2 Å². The second-order valence-electron chi connectivity index (χ2n) is 6.23. The molecule has 0 aliphatic heterocycles. The topological polar surface area (TPSA) is 72.2 Å². The molecule has 0 unspecified atom stereocenters. The molecule has 0 saturated heterocycles. The van der Waals surface area contributed by atoms with Crippen LogP contribution in [0, 0.1) is 5.41 Å². The maximum Gasteiger partial charge on any atom is 0.180 e. The summed E-state index contributed by atoms with van der Waals surface area (Å²) in [6, 6.07) is 7.15. The molecule has 21 heavy (non-hydrogen) atoms. The standard InChI is InChI=1S/C16H28N2O2S/c1-4-12-21(19,20)15-9-6-5-8-14(15)18-13-16(2,3)10-7-11-17/h5-6,8-9,18H,4,7,10-13,17H2,1-3H3. The van der Waals surface area contributed by atoms with E-state index in [0.29, 0.717) is 23.5 Å². The summed E-state index contributed by atoms with van der Waals surface area (Å²) < 4.78 is 24.6. The molecule has 0 aliphatic carbocycles. The fourth-order valence-corrected chi connectivity index (χ4v) is 3.78. The molecule has 0 amide bonds. The van der Waals surface area contributed by atoms with Crippen LogP contribution in [-0.2, 0) is 9.84 Å². The number of nitrogens with two attached hydrogens (primary N) is 1. The molecule has 0 heterocycles. The lowest BCUT2D eigenvalue weighted by Gasteiger charge is -2.26. The fourth-order valence-electron chi connectivity index (χ4n) is 2.27. The number of nitrogens with one attached hydrogen (secondary N) is 1. The third-order valence-corrected chi connectivity index (χ3v) is 5.48. The van der Waals surface area contributed by atoms with Crippen LogP contribution in [0.3, 0.4) is 0 Å². The number of sulfone groups is 1. The van der Waals surface area contributed by atoms with Crippen molar-refractivity contribution in [3.63, 3.8) is 0 Å². The van der Waals surface area contributed by atoms with Gasteiger partial charge in [-0.1, -0.05) is 32.9 Å². The highest BCUT2D eigenvalue weighted by Crippen LogP contribution is 2.26. The fraction of sp³-hybridized carbons (Fsp3) is 0.625. The minimum atomic E-state index is -3.21. The molecule has 0 spiro atoms. The second-order valence-corrected chi connectivity index (χ2v) is 8.30. The van der Waals surface area contributed by atoms with E-state index in [9.17, 15) is 8.42 Å². The van der Waals surface area contributed by atoms with Crippen molar-refractivity contribution < 1.29 is 8.42 Å². The van der Waals surface area contributed by atoms with E-state index < -0.39 is 9.84 Å². The number of hydrogen-bond acceptors (Lipinski definition) is 4. The Labute approximate surface area is 129 Å². The Morgan fingerprint density at radius 2 is 1.90 bits per heavy atom. The van der Waals surface area contributed by atoms with Gasteiger partial charge in [0.05, 0.1) is 16.3 Å². The summed E-state index contributed by atoms with van der Waals surface area (Å²) in [5.41, 5.74) is 6.34. The molecule has 0 fully saturated rings. The lowest BCUT2D eigenvalue weighted by atomic mass is 9.87. The minimum absolute atomic E-state index is 0.0843. The summed E-state index contributed by atoms with van der Waals surface area (Å²) in [5, 5.41) is 3.31. The van der Waals surface area contributed by atoms with E-state index in [4.69, 9.17) is 5.73 Å². The minimum Gasteiger partial charge on any atom is -0.383 e. The van der Waals surface area contributed by atoms with Crippen molar-refractivity contribution in [1.82, 2.24) is 0 Å². The van der Waals surface area contributed by atoms with E-state index >= 15 is 0 Å². The van der Waals surface area contributed by atoms with E-state index in [1.807, 2.05) is 19.1 Å². The SMILES string of the molecule is CCCS(=O)(=O)c1ccccc1NCC(C)(C)CCCN. The summed E-state index contributed by atoms with van der Waals surface area (Å²) in [7, 11) is -3.21. The van der Waals surface area contributed by atoms with Crippen LogP contribution in [0.2, 0.25) is 0 Å². The smallest absolute Gasteiger partial charge is 0.180 e. The first-order valence-electron chi connectivity index (χ1n) is 7.58. The van der Waals surface area contributed by atoms with E-state index in [0.717, 1.165) is 19.4 Å². The molecular weight excluding hydrogens is 284 g/mol. The Balaban J connectivity index is 2.86. The van der Waals surface area contributed by atoms with Crippen LogP contribution in [0.15, 0.2) is 29.2 Å². The Hall–Kier alpha value is -1.07. The van der Waals surface area contributed by atoms with Gasteiger partial charge in [-0.15, -0.1) is 0 Å². The zero-order valence-corrected chi connectivity index (χ0v) is 14.2. The molecule has 0 atom stereocenters. The highest BCUT2D eigenvalue weighted by molar-refractivity contribution is 7.91. The third kappa shape index (κ3) is 5.67. The van der Waals surface area contributed by atoms with Gasteiger partial charge < -0.3 is 11.1 Å². The van der Waals surface area contributed by atoms with Gasteiger partial charge in [0.15, 0.2) is 9.84 Å². The van der Waals surface area contributed by atoms with Gasteiger partial charge in [0, 0.05) is 6.54 Å². The average Bonchev–Trinajstić information content (AvgIpc) is 2.43. The first-order valence-corrected chi connectivity index (χ1v) is 9.23. The highest BCUT2D eigenvalue weighted by Gasteiger charge is 2.20. The Morgan fingerprint density at radius 1 is 1.24 bits per heavy atom. The Kier molecular flexibility index (Phi) is 6.68. The summed E-state index contributed by atoms with van der Waals surface area (Å²) in [5.74, 6) is 0.183. The lowest BCUT2D eigenvalue weighted by molar-refractivity contribution is 0.350. The summed E-state index contributed by atoms with van der Waals surface area (Å²) in [6.07, 6.45) is 2.61. The van der Waals surface area contributed by atoms with Gasteiger partial charge in [-0.05, 0) is 43.4 Å². The number of anilines is 1. The number of para-hydroxylation sites is 1. The Bertz CT molecular complexity index is 539. The first-order chi connectivity index (χ1) is 9.82. The predicted octanol–water partition coefficient (Wildman–Crippen LogP) is 3.05. The zero-order valence-electron chi connectivity index (χ0n) is 13.4. The number of benzene rings is 1. The zero-order chi connectivity index (χ0) is 15.9. The summed E-state index contributed by atoms with van der Waals surface area (Å²) in [6.45, 7) is 7.62. The lowest BCUT2D eigenvalue weighted by Crippen LogP contribution is -2.25. The summed E-state index contributed by atoms with van der Waals surface area (Å²) >= 11 is 0. The molecule has 5 heteroatoms. The van der Waals surface area contributed by atoms with Gasteiger partial charge in [-0.2, -0.15) is 0 Å². The van der Waals surface area contributed by atoms with Crippen LogP contribution in [0.25, 0.3) is 0 Å². The molecule has 4 nitrogen and oxygen atoms in total. The third-order valence-electron chi connectivity index (χ3n) is 3.51. The largest absolute Gasteiger partial charge is 0.383 e. The molecule has 1 aromatic rings. The van der Waals surface area contributed by atoms with Crippen LogP contribution in [0.5, 0.6) is 0 Å². The van der Waals surface area contributed by atoms with Gasteiger partial charge in [0.25, 0.3) is 0 Å². The average molecular weight is 312 g/mol. The van der Waals surface area contributed by atoms with Crippen molar-refractivity contribution >= 4 is 15.5 Å². The van der Waals surface area contributed by atoms with Crippen molar-refractivity contribution in [3.8, 4) is 0 Å². The summed E-state index contributed by atoms with van der Waals surface area (Å²) in [4.78, 5) is 0.404. The normalized spacial score (nSPS) is 12.4. The van der Waals surface area contributed by atoms with Gasteiger partial charge in [-0.3, -0.25) is 0 Å². The first kappa shape index (κ1) is 18.0. The van der Waals surface area contributed by atoms with Crippen LogP contribution in [-0.4, -0.2) is 27.3 Å². The molecule has 0 aromatic heterocycles. The van der Waals surface area contributed by atoms with Crippen molar-refractivity contribution in [2.45, 2.75) is 44.9 Å². The van der Waals surface area contributed by atoms with E-state index in [1.165, 1.54) is 0 Å². The van der Waals surface area contributed by atoms with Gasteiger partial charge in [0.1, 0.15) is 0 Å². The van der Waals surface area contributed by atoms with Crippen LogP contribution in [0.4, 0.5) is 5.69 Å². The van der Waals surface area contributed by atoms with Crippen molar-refractivity contribution in [2.75, 3.05) is 24.2 Å². The van der Waals surface area contributed by atoms with E-state index in [1.54, 1.807) is 12.1 Å². The molecule has 0 saturated carbocycles. The second kappa shape index (κ2) is 7.80. The van der Waals surface area contributed by atoms with E-state index in [2.05, 4.69) is 19.2 Å². The van der Waals surface area contributed by atoms with Crippen LogP contribution in [0.1, 0.15) is 40.0 Å². The Morgan fingerprint density at radius 3 is 2.52 bits per heavy atom. The molecule has 1 aromatic carbocycles. The highest BCUT2D eigenvalue weighted by atomic mass is 32.2. The molecular formula is C16H28N2O2S. The monoisotopic (exact) mass is 312 g/mol. The molecule has 120 valence electrons. The number of hydrogen-bond donors (Lipinski definition) is 2. The van der Waals surface area contributed by atoms with Gasteiger partial charge in [-0.25, -0.2) is 8.42 Å². The van der Waals surface area contributed by atoms with Crippen molar-refractivity contribution in [1.29, 1.82) is 0 Å². The predicted molar refractivity (Wildman–Crippen MR) is 89.3 cm³/mol. The van der Waals surface area contributed by atoms with Crippen LogP contribution >= 0.6 is 0 Å². The van der Waals surface area contributed by atoms with Crippen molar-refractivity contribution in [3.05, 3.63) is 24.3 Å². The molecule has 0 bridgehead atoms. The van der Waals surface area contributed by atoms with Crippen LogP contribution < -0.4 is 11.1 Å². The molecule has 0 radical (unpaired) electrons. The van der Waals surface area contributed by atoms with Crippen molar-refractivity contribution in [2.24, 2.45) is 11.1 Å². The molecule has 0 aliphatic rings. The molecule has 3 N–H and O–H groups in total. The molecule has 1 rings (SSSR count). The maximum atomic E-state index is 12.3. The maximum absolute atomic E-state index is 12.3. The van der Waals surface area contributed by atoms with Gasteiger partial charge >= 0.3 is 0 Å². The van der Waals surface area contributed by atoms with Gasteiger partial charge in [0.2, 0.25) is 0 Å². The quantitative estimate of drug-likeness (QED) is 0.735.